The lowest BCUT2D eigenvalue weighted by molar-refractivity contribution is 0.609. The molecule has 0 aliphatic heterocycles. The summed E-state index contributed by atoms with van der Waals surface area (Å²) in [6.45, 7) is 0. The van der Waals surface area contributed by atoms with Crippen LogP contribution in [0.5, 0.6) is 0 Å². The molecule has 0 saturated heterocycles. The van der Waals surface area contributed by atoms with Crippen molar-refractivity contribution in [2.24, 2.45) is 0 Å². The zero-order chi connectivity index (χ0) is 17.3. The van der Waals surface area contributed by atoms with E-state index in [1.807, 2.05) is 0 Å². The van der Waals surface area contributed by atoms with Crippen LogP contribution in [-0.4, -0.2) is 71.0 Å². The van der Waals surface area contributed by atoms with Crippen LogP contribution < -0.4 is 0 Å². The van der Waals surface area contributed by atoms with E-state index < -0.39 is 50.5 Å². The average molecular weight is 420 g/mol. The minimum atomic E-state index is -3.81. The van der Waals surface area contributed by atoms with E-state index in [9.17, 15) is 33.7 Å². The SMILES string of the molecule is CS(=O)(=O)P(CCCP(S(C)(=O)=O)S(C)(=O)=O)S(C)(=O)=O. The van der Waals surface area contributed by atoms with Crippen LogP contribution in [0.2, 0.25) is 0 Å². The maximum absolute atomic E-state index is 11.5. The van der Waals surface area contributed by atoms with Gasteiger partial charge in [-0.05, 0) is 18.7 Å². The van der Waals surface area contributed by atoms with Crippen molar-refractivity contribution < 1.29 is 33.7 Å². The van der Waals surface area contributed by atoms with Crippen LogP contribution in [0.25, 0.3) is 0 Å². The molecule has 0 saturated carbocycles. The van der Waals surface area contributed by atoms with Gasteiger partial charge in [0.2, 0.25) is 0 Å². The molecule has 0 fully saturated rings. The third-order valence-electron chi connectivity index (χ3n) is 2.16. The fourth-order valence-corrected chi connectivity index (χ4v) is 22.2. The molecule has 0 atom stereocenters. The summed E-state index contributed by atoms with van der Waals surface area (Å²) in [4.78, 5) is 0. The molecule has 0 amide bonds. The van der Waals surface area contributed by atoms with E-state index in [1.165, 1.54) is 0 Å². The molecule has 0 aromatic carbocycles. The van der Waals surface area contributed by atoms with Gasteiger partial charge in [0.1, 0.15) is 12.7 Å². The van der Waals surface area contributed by atoms with Gasteiger partial charge >= 0.3 is 0 Å². The number of rotatable bonds is 8. The molecule has 14 heteroatoms. The molecule has 21 heavy (non-hydrogen) atoms. The van der Waals surface area contributed by atoms with Crippen molar-refractivity contribution >= 4 is 50.5 Å². The Morgan fingerprint density at radius 3 is 0.857 bits per heavy atom. The smallest absolute Gasteiger partial charge is 0.179 e. The molecule has 0 unspecified atom stereocenters. The van der Waals surface area contributed by atoms with Crippen LogP contribution in [0.15, 0.2) is 0 Å². The molecule has 0 rings (SSSR count). The minimum absolute atomic E-state index is 0.0995. The van der Waals surface area contributed by atoms with Gasteiger partial charge < -0.3 is 0 Å². The fraction of sp³-hybridized carbons (Fsp3) is 1.00. The molecule has 8 nitrogen and oxygen atoms in total. The predicted octanol–water partition coefficient (Wildman–Crippen LogP) is 0.179. The zero-order valence-electron chi connectivity index (χ0n) is 11.9. The second-order valence-electron chi connectivity index (χ2n) is 4.40. The zero-order valence-corrected chi connectivity index (χ0v) is 17.0. The third kappa shape index (κ3) is 7.65. The summed E-state index contributed by atoms with van der Waals surface area (Å²) in [5.41, 5.74) is 0. The Morgan fingerprint density at radius 1 is 0.524 bits per heavy atom. The van der Waals surface area contributed by atoms with Gasteiger partial charge in [0.05, 0.1) is 0 Å². The standard InChI is InChI=1S/C7H18O8P2S4/c1-18(8,9)16(19(2,10)11)6-5-7-17(20(3,12)13)21(4,14)15/h5-7H2,1-4H3. The molecule has 0 aromatic heterocycles. The summed E-state index contributed by atoms with van der Waals surface area (Å²) in [6.07, 6.45) is -2.19. The van der Waals surface area contributed by atoms with Gasteiger partial charge in [-0.2, -0.15) is 0 Å². The maximum atomic E-state index is 11.5. The first-order valence-electron chi connectivity index (χ1n) is 5.33. The van der Waals surface area contributed by atoms with Crippen molar-refractivity contribution in [1.29, 1.82) is 0 Å². The van der Waals surface area contributed by atoms with E-state index in [4.69, 9.17) is 0 Å². The summed E-state index contributed by atoms with van der Waals surface area (Å²) in [5.74, 6) is 0. The van der Waals surface area contributed by atoms with Crippen molar-refractivity contribution in [3.63, 3.8) is 0 Å². The van der Waals surface area contributed by atoms with Crippen molar-refractivity contribution in [2.45, 2.75) is 6.42 Å². The minimum Gasteiger partial charge on any atom is -0.224 e. The van der Waals surface area contributed by atoms with Crippen molar-refractivity contribution in [1.82, 2.24) is 0 Å². The monoisotopic (exact) mass is 420 g/mol. The molecule has 0 aliphatic carbocycles. The summed E-state index contributed by atoms with van der Waals surface area (Å²) >= 11 is 0. The van der Waals surface area contributed by atoms with Gasteiger partial charge in [-0.3, -0.25) is 0 Å². The molecule has 0 aliphatic rings. The van der Waals surface area contributed by atoms with Crippen LogP contribution in [0.3, 0.4) is 0 Å². The Kier molecular flexibility index (Phi) is 7.27. The highest BCUT2D eigenvalue weighted by Gasteiger charge is 2.34. The second kappa shape index (κ2) is 7.05. The maximum Gasteiger partial charge on any atom is 0.179 e. The van der Waals surface area contributed by atoms with Gasteiger partial charge in [-0.15, -0.1) is 0 Å². The summed E-state index contributed by atoms with van der Waals surface area (Å²) in [6, 6.07) is 0. The largest absolute Gasteiger partial charge is 0.224 e. The predicted molar refractivity (Wildman–Crippen MR) is 87.6 cm³/mol. The van der Waals surface area contributed by atoms with E-state index in [2.05, 4.69) is 0 Å². The Balaban J connectivity index is 5.19. The van der Waals surface area contributed by atoms with Crippen molar-refractivity contribution in [3.8, 4) is 0 Å². The molecule has 0 aromatic rings. The topological polar surface area (TPSA) is 137 Å². The third-order valence-corrected chi connectivity index (χ3v) is 27.3. The second-order valence-corrected chi connectivity index (χ2v) is 27.1. The van der Waals surface area contributed by atoms with Crippen LogP contribution in [0, 0.1) is 0 Å². The van der Waals surface area contributed by atoms with Crippen LogP contribution in [-0.2, 0) is 37.8 Å². The van der Waals surface area contributed by atoms with Gasteiger partial charge in [-0.1, -0.05) is 0 Å². The van der Waals surface area contributed by atoms with Gasteiger partial charge in [0, 0.05) is 25.0 Å². The van der Waals surface area contributed by atoms with E-state index in [1.54, 1.807) is 0 Å². The number of hydrogen-bond acceptors (Lipinski definition) is 8. The quantitative estimate of drug-likeness (QED) is 0.507. The molecule has 0 spiro atoms. The number of hydrogen-bond donors (Lipinski definition) is 0. The Labute approximate surface area is 127 Å². The normalized spacial score (nSPS) is 14.8. The van der Waals surface area contributed by atoms with E-state index in [0.29, 0.717) is 0 Å². The van der Waals surface area contributed by atoms with E-state index >= 15 is 0 Å². The first-order valence-corrected chi connectivity index (χ1v) is 18.4. The van der Waals surface area contributed by atoms with Crippen molar-refractivity contribution in [3.05, 3.63) is 0 Å². The molecular weight excluding hydrogens is 402 g/mol. The Morgan fingerprint density at radius 2 is 0.714 bits per heavy atom. The van der Waals surface area contributed by atoms with Crippen molar-refractivity contribution in [2.75, 3.05) is 37.3 Å². The highest BCUT2D eigenvalue weighted by atomic mass is 33.1. The highest BCUT2D eigenvalue weighted by Crippen LogP contribution is 2.52. The average Bonchev–Trinajstić information content (AvgIpc) is 2.07. The highest BCUT2D eigenvalue weighted by molar-refractivity contribution is 8.82. The molecule has 0 heterocycles. The lowest BCUT2D eigenvalue weighted by Crippen LogP contribution is -2.10. The lowest BCUT2D eigenvalue weighted by Gasteiger charge is -2.15. The fourth-order valence-electron chi connectivity index (χ4n) is 1.48. The van der Waals surface area contributed by atoms with Crippen LogP contribution in [0.1, 0.15) is 6.42 Å². The van der Waals surface area contributed by atoms with E-state index in [-0.39, 0.29) is 18.7 Å². The lowest BCUT2D eigenvalue weighted by atomic mass is 10.6. The van der Waals surface area contributed by atoms with Gasteiger partial charge in [0.25, 0.3) is 0 Å². The Bertz CT molecular complexity index is 646. The molecule has 0 radical (unpaired) electrons. The van der Waals surface area contributed by atoms with Gasteiger partial charge in [-0.25, -0.2) is 33.7 Å². The molecular formula is C7H18O8P2S4. The molecule has 0 bridgehead atoms. The van der Waals surface area contributed by atoms with Gasteiger partial charge in [0.15, 0.2) is 37.8 Å². The van der Waals surface area contributed by atoms with Crippen LogP contribution in [0.4, 0.5) is 0 Å². The van der Waals surface area contributed by atoms with Crippen LogP contribution >= 0.6 is 12.7 Å². The first-order chi connectivity index (χ1) is 8.97. The summed E-state index contributed by atoms with van der Waals surface area (Å²) < 4.78 is 91.7. The van der Waals surface area contributed by atoms with E-state index in [0.717, 1.165) is 25.0 Å². The Hall–Kier alpha value is 0.660. The molecule has 0 N–H and O–H groups in total. The first kappa shape index (κ1) is 21.7. The molecule has 128 valence electrons. The summed E-state index contributed by atoms with van der Waals surface area (Å²) in [5, 5.41) is 0. The summed E-state index contributed by atoms with van der Waals surface area (Å²) in [7, 11) is -15.2.